The Kier molecular flexibility index (Phi) is 4.16. The van der Waals surface area contributed by atoms with Crippen LogP contribution < -0.4 is 5.32 Å². The number of aromatic nitrogens is 1. The van der Waals surface area contributed by atoms with E-state index in [1.807, 2.05) is 6.92 Å². The Balaban J connectivity index is 2.17. The van der Waals surface area contributed by atoms with Crippen molar-refractivity contribution in [2.75, 3.05) is 13.7 Å². The van der Waals surface area contributed by atoms with Gasteiger partial charge in [-0.25, -0.2) is 4.98 Å². The van der Waals surface area contributed by atoms with Gasteiger partial charge in [-0.05, 0) is 25.1 Å². The number of rotatable bonds is 4. The van der Waals surface area contributed by atoms with Crippen LogP contribution in [-0.2, 0) is 4.74 Å². The lowest BCUT2D eigenvalue weighted by molar-refractivity contribution is 0.0905. The average molecular weight is 285 g/mol. The topological polar surface area (TPSA) is 51.2 Å². The van der Waals surface area contributed by atoms with E-state index in [1.165, 1.54) is 11.3 Å². The minimum atomic E-state index is -0.119. The maximum atomic E-state index is 12.0. The molecule has 2 aromatic rings. The Morgan fingerprint density at radius 2 is 2.39 bits per heavy atom. The fraction of sp³-hybridized carbons (Fsp3) is 0.333. The number of hydrogen-bond acceptors (Lipinski definition) is 4. The van der Waals surface area contributed by atoms with Crippen molar-refractivity contribution in [1.82, 2.24) is 10.3 Å². The number of nitrogens with one attached hydrogen (secondary N) is 1. The number of benzene rings is 1. The number of hydrogen-bond donors (Lipinski definition) is 1. The van der Waals surface area contributed by atoms with Crippen molar-refractivity contribution in [1.29, 1.82) is 0 Å². The second kappa shape index (κ2) is 5.65. The summed E-state index contributed by atoms with van der Waals surface area (Å²) in [5.41, 5.74) is 1.41. The molecule has 0 radical (unpaired) electrons. The Morgan fingerprint density at radius 3 is 3.11 bits per heavy atom. The Morgan fingerprint density at radius 1 is 1.61 bits per heavy atom. The van der Waals surface area contributed by atoms with Crippen LogP contribution in [0.5, 0.6) is 0 Å². The molecule has 0 aliphatic carbocycles. The predicted molar refractivity (Wildman–Crippen MR) is 73.4 cm³/mol. The van der Waals surface area contributed by atoms with Crippen molar-refractivity contribution < 1.29 is 9.53 Å². The summed E-state index contributed by atoms with van der Waals surface area (Å²) in [6.07, 6.45) is 0. The fourth-order valence-electron chi connectivity index (χ4n) is 1.64. The van der Waals surface area contributed by atoms with Gasteiger partial charge in [-0.15, -0.1) is 11.3 Å². The SMILES string of the molecule is COC[C@H](C)NC(=O)c1ccc2nc(Cl)sc2c1. The molecule has 18 heavy (non-hydrogen) atoms. The van der Waals surface area contributed by atoms with Crippen molar-refractivity contribution in [3.05, 3.63) is 28.2 Å². The van der Waals surface area contributed by atoms with Gasteiger partial charge < -0.3 is 10.1 Å². The van der Waals surface area contributed by atoms with E-state index in [2.05, 4.69) is 10.3 Å². The highest BCUT2D eigenvalue weighted by molar-refractivity contribution is 7.22. The standard InChI is InChI=1S/C12H13ClN2O2S/c1-7(6-17-2)14-11(16)8-3-4-9-10(5-8)18-12(13)15-9/h3-5,7H,6H2,1-2H3,(H,14,16)/t7-/m0/s1. The van der Waals surface area contributed by atoms with Gasteiger partial charge in [0.05, 0.1) is 16.8 Å². The molecule has 0 saturated heterocycles. The fourth-order valence-corrected chi connectivity index (χ4v) is 2.71. The monoisotopic (exact) mass is 284 g/mol. The van der Waals surface area contributed by atoms with E-state index in [9.17, 15) is 4.79 Å². The number of amides is 1. The zero-order valence-electron chi connectivity index (χ0n) is 10.1. The summed E-state index contributed by atoms with van der Waals surface area (Å²) in [6, 6.07) is 5.32. The molecule has 1 aromatic heterocycles. The molecule has 96 valence electrons. The number of nitrogens with zero attached hydrogens (tertiary/aromatic N) is 1. The minimum absolute atomic E-state index is 0.0248. The third-order valence-corrected chi connectivity index (χ3v) is 3.54. The molecule has 0 bridgehead atoms. The molecular weight excluding hydrogens is 272 g/mol. The second-order valence-corrected chi connectivity index (χ2v) is 5.59. The number of fused-ring (bicyclic) bond motifs is 1. The summed E-state index contributed by atoms with van der Waals surface area (Å²) in [5.74, 6) is -0.119. The van der Waals surface area contributed by atoms with E-state index in [4.69, 9.17) is 16.3 Å². The van der Waals surface area contributed by atoms with Crippen LogP contribution in [0.25, 0.3) is 10.2 Å². The largest absolute Gasteiger partial charge is 0.383 e. The third kappa shape index (κ3) is 2.98. The predicted octanol–water partition coefficient (Wildman–Crippen LogP) is 2.71. The van der Waals surface area contributed by atoms with Crippen LogP contribution in [0.2, 0.25) is 4.47 Å². The molecule has 0 fully saturated rings. The quantitative estimate of drug-likeness (QED) is 0.939. The molecule has 0 spiro atoms. The highest BCUT2D eigenvalue weighted by atomic mass is 35.5. The summed E-state index contributed by atoms with van der Waals surface area (Å²) >= 11 is 7.19. The van der Waals surface area contributed by atoms with Crippen molar-refractivity contribution in [3.8, 4) is 0 Å². The number of methoxy groups -OCH3 is 1. The van der Waals surface area contributed by atoms with Gasteiger partial charge in [0.15, 0.2) is 4.47 Å². The molecule has 6 heteroatoms. The van der Waals surface area contributed by atoms with E-state index >= 15 is 0 Å². The van der Waals surface area contributed by atoms with Crippen molar-refractivity contribution >= 4 is 39.1 Å². The lowest BCUT2D eigenvalue weighted by Crippen LogP contribution is -2.35. The molecular formula is C12H13ClN2O2S. The molecule has 1 N–H and O–H groups in total. The first-order valence-electron chi connectivity index (χ1n) is 5.46. The number of ether oxygens (including phenoxy) is 1. The molecule has 0 saturated carbocycles. The summed E-state index contributed by atoms with van der Waals surface area (Å²) in [5, 5.41) is 2.86. The van der Waals surface area contributed by atoms with Gasteiger partial charge in [-0.1, -0.05) is 11.6 Å². The molecule has 4 nitrogen and oxygen atoms in total. The lowest BCUT2D eigenvalue weighted by Gasteiger charge is -2.12. The van der Waals surface area contributed by atoms with Crippen LogP contribution in [-0.4, -0.2) is 30.6 Å². The van der Waals surface area contributed by atoms with Gasteiger partial charge in [-0.2, -0.15) is 0 Å². The minimum Gasteiger partial charge on any atom is -0.383 e. The van der Waals surface area contributed by atoms with Crippen molar-refractivity contribution in [2.45, 2.75) is 13.0 Å². The molecule has 0 aliphatic rings. The summed E-state index contributed by atoms with van der Waals surface area (Å²) in [6.45, 7) is 2.38. The van der Waals surface area contributed by atoms with Crippen molar-refractivity contribution in [2.24, 2.45) is 0 Å². The highest BCUT2D eigenvalue weighted by Gasteiger charge is 2.11. The van der Waals surface area contributed by atoms with Crippen LogP contribution in [0.1, 0.15) is 17.3 Å². The van der Waals surface area contributed by atoms with Gasteiger partial charge >= 0.3 is 0 Å². The van der Waals surface area contributed by atoms with E-state index < -0.39 is 0 Å². The summed E-state index contributed by atoms with van der Waals surface area (Å²) < 4.78 is 6.36. The molecule has 1 heterocycles. The molecule has 2 rings (SSSR count). The second-order valence-electron chi connectivity index (χ2n) is 3.98. The summed E-state index contributed by atoms with van der Waals surface area (Å²) in [4.78, 5) is 16.1. The molecule has 0 aliphatic heterocycles. The van der Waals surface area contributed by atoms with Gasteiger partial charge in [0.1, 0.15) is 0 Å². The number of carbonyl (C=O) groups excluding carboxylic acids is 1. The normalized spacial score (nSPS) is 12.6. The zero-order chi connectivity index (χ0) is 13.1. The Labute approximate surface area is 114 Å². The van der Waals surface area contributed by atoms with Crippen LogP contribution >= 0.6 is 22.9 Å². The number of carbonyl (C=O) groups is 1. The molecule has 1 atom stereocenters. The van der Waals surface area contributed by atoms with E-state index in [-0.39, 0.29) is 11.9 Å². The van der Waals surface area contributed by atoms with E-state index in [1.54, 1.807) is 25.3 Å². The Bertz CT molecular complexity index is 570. The van der Waals surface area contributed by atoms with Crippen LogP contribution in [0, 0.1) is 0 Å². The van der Waals surface area contributed by atoms with Gasteiger partial charge in [0, 0.05) is 18.7 Å². The smallest absolute Gasteiger partial charge is 0.251 e. The van der Waals surface area contributed by atoms with E-state index in [0.29, 0.717) is 16.6 Å². The maximum absolute atomic E-state index is 12.0. The first-order valence-corrected chi connectivity index (χ1v) is 6.65. The number of halogens is 1. The lowest BCUT2D eigenvalue weighted by atomic mass is 10.2. The average Bonchev–Trinajstić information content (AvgIpc) is 2.68. The number of thiazole rings is 1. The third-order valence-electron chi connectivity index (χ3n) is 2.42. The first kappa shape index (κ1) is 13.3. The van der Waals surface area contributed by atoms with Gasteiger partial charge in [0.25, 0.3) is 5.91 Å². The first-order chi connectivity index (χ1) is 8.60. The molecule has 1 amide bonds. The highest BCUT2D eigenvalue weighted by Crippen LogP contribution is 2.26. The van der Waals surface area contributed by atoms with Crippen LogP contribution in [0.3, 0.4) is 0 Å². The molecule has 1 aromatic carbocycles. The zero-order valence-corrected chi connectivity index (χ0v) is 11.6. The Hall–Kier alpha value is -1.17. The van der Waals surface area contributed by atoms with Gasteiger partial charge in [0.2, 0.25) is 0 Å². The van der Waals surface area contributed by atoms with Crippen molar-refractivity contribution in [3.63, 3.8) is 0 Å². The van der Waals surface area contributed by atoms with E-state index in [0.717, 1.165) is 10.2 Å². The van der Waals surface area contributed by atoms with Gasteiger partial charge in [-0.3, -0.25) is 4.79 Å². The molecule has 0 unspecified atom stereocenters. The van der Waals surface area contributed by atoms with Crippen LogP contribution in [0.4, 0.5) is 0 Å². The summed E-state index contributed by atoms with van der Waals surface area (Å²) in [7, 11) is 1.61. The maximum Gasteiger partial charge on any atom is 0.251 e. The van der Waals surface area contributed by atoms with Crippen LogP contribution in [0.15, 0.2) is 18.2 Å².